The van der Waals surface area contributed by atoms with Crippen molar-refractivity contribution in [3.8, 4) is 17.2 Å². The van der Waals surface area contributed by atoms with Gasteiger partial charge in [-0.25, -0.2) is 0 Å². The monoisotopic (exact) mass is 478 g/mol. The topological polar surface area (TPSA) is 64.8 Å². The Hall–Kier alpha value is -3.16. The standard InChI is InChI=1S/C24H19BrN2O4/c1-15-23(31-21-7-3-2-6-19(21)25)22(28)17-8-9-20-18(24(17)30-15)13-27(14-29-20)12-16-5-4-10-26-11-16/h2-11H,12-14H2,1H3. The molecule has 0 fully saturated rings. The lowest BCUT2D eigenvalue weighted by Gasteiger charge is -2.29. The third-order valence-electron chi connectivity index (χ3n) is 5.21. The second kappa shape index (κ2) is 8.17. The maximum Gasteiger partial charge on any atom is 0.235 e. The third kappa shape index (κ3) is 3.82. The second-order valence-electron chi connectivity index (χ2n) is 7.39. The normalized spacial score (nSPS) is 13.6. The minimum atomic E-state index is -0.207. The van der Waals surface area contributed by atoms with Gasteiger partial charge in [0.2, 0.25) is 11.2 Å². The molecule has 0 spiro atoms. The minimum Gasteiger partial charge on any atom is -0.478 e. The molecule has 31 heavy (non-hydrogen) atoms. The molecule has 0 atom stereocenters. The zero-order valence-corrected chi connectivity index (χ0v) is 18.4. The van der Waals surface area contributed by atoms with Crippen molar-refractivity contribution in [2.45, 2.75) is 20.0 Å². The van der Waals surface area contributed by atoms with E-state index in [0.29, 0.717) is 42.3 Å². The van der Waals surface area contributed by atoms with Crippen LogP contribution in [0.5, 0.6) is 17.2 Å². The number of fused-ring (bicyclic) bond motifs is 3. The van der Waals surface area contributed by atoms with Crippen molar-refractivity contribution in [1.82, 2.24) is 9.88 Å². The van der Waals surface area contributed by atoms with E-state index in [-0.39, 0.29) is 11.2 Å². The average Bonchev–Trinajstić information content (AvgIpc) is 2.78. The SMILES string of the molecule is Cc1oc2c3c(ccc2c(=O)c1Oc1ccccc1Br)OCN(Cc1cccnc1)C3. The molecule has 0 saturated heterocycles. The average molecular weight is 479 g/mol. The fourth-order valence-corrected chi connectivity index (χ4v) is 4.07. The van der Waals surface area contributed by atoms with E-state index in [2.05, 4.69) is 25.8 Å². The Morgan fingerprint density at radius 2 is 2.03 bits per heavy atom. The Kier molecular flexibility index (Phi) is 5.21. The molecule has 3 heterocycles. The van der Waals surface area contributed by atoms with Crippen LogP contribution in [0.25, 0.3) is 11.0 Å². The Morgan fingerprint density at radius 3 is 2.84 bits per heavy atom. The zero-order valence-electron chi connectivity index (χ0n) is 16.8. The summed E-state index contributed by atoms with van der Waals surface area (Å²) >= 11 is 3.45. The number of hydrogen-bond acceptors (Lipinski definition) is 6. The smallest absolute Gasteiger partial charge is 0.235 e. The number of ether oxygens (including phenoxy) is 2. The number of para-hydroxylation sites is 1. The van der Waals surface area contributed by atoms with Crippen molar-refractivity contribution < 1.29 is 13.9 Å². The van der Waals surface area contributed by atoms with E-state index in [0.717, 1.165) is 21.3 Å². The summed E-state index contributed by atoms with van der Waals surface area (Å²) < 4.78 is 18.8. The van der Waals surface area contributed by atoms with Gasteiger partial charge in [-0.15, -0.1) is 0 Å². The van der Waals surface area contributed by atoms with Crippen LogP contribution in [-0.2, 0) is 13.1 Å². The van der Waals surface area contributed by atoms with E-state index in [1.807, 2.05) is 42.6 Å². The summed E-state index contributed by atoms with van der Waals surface area (Å²) in [5.74, 6) is 1.90. The van der Waals surface area contributed by atoms with Crippen molar-refractivity contribution in [3.63, 3.8) is 0 Å². The summed E-state index contributed by atoms with van der Waals surface area (Å²) in [5.41, 5.74) is 2.29. The summed E-state index contributed by atoms with van der Waals surface area (Å²) in [6.45, 7) is 3.49. The van der Waals surface area contributed by atoms with Crippen LogP contribution in [0.4, 0.5) is 0 Å². The Labute approximate surface area is 187 Å². The number of aromatic nitrogens is 1. The number of pyridine rings is 1. The molecule has 5 rings (SSSR count). The zero-order chi connectivity index (χ0) is 21.4. The van der Waals surface area contributed by atoms with Crippen LogP contribution in [0, 0.1) is 6.92 Å². The minimum absolute atomic E-state index is 0.184. The van der Waals surface area contributed by atoms with Crippen molar-refractivity contribution in [3.05, 3.63) is 92.5 Å². The third-order valence-corrected chi connectivity index (χ3v) is 5.86. The molecule has 1 aliphatic rings. The summed E-state index contributed by atoms with van der Waals surface area (Å²) in [7, 11) is 0. The van der Waals surface area contributed by atoms with E-state index < -0.39 is 0 Å². The number of rotatable bonds is 4. The van der Waals surface area contributed by atoms with Crippen LogP contribution in [-0.4, -0.2) is 16.6 Å². The lowest BCUT2D eigenvalue weighted by molar-refractivity contribution is 0.0889. The lowest BCUT2D eigenvalue weighted by Crippen LogP contribution is -2.31. The molecule has 6 nitrogen and oxygen atoms in total. The van der Waals surface area contributed by atoms with E-state index >= 15 is 0 Å². The molecule has 0 radical (unpaired) electrons. The van der Waals surface area contributed by atoms with Crippen LogP contribution >= 0.6 is 15.9 Å². The quantitative estimate of drug-likeness (QED) is 0.391. The van der Waals surface area contributed by atoms with Gasteiger partial charge in [0.15, 0.2) is 0 Å². The highest BCUT2D eigenvalue weighted by molar-refractivity contribution is 9.10. The maximum atomic E-state index is 13.3. The molecule has 0 bridgehead atoms. The second-order valence-corrected chi connectivity index (χ2v) is 8.24. The molecule has 0 aliphatic carbocycles. The Bertz CT molecular complexity index is 1320. The molecule has 0 saturated carbocycles. The number of aryl methyl sites for hydroxylation is 1. The van der Waals surface area contributed by atoms with Crippen LogP contribution in [0.15, 0.2) is 74.6 Å². The van der Waals surface area contributed by atoms with Gasteiger partial charge < -0.3 is 13.9 Å². The number of hydrogen-bond donors (Lipinski definition) is 0. The van der Waals surface area contributed by atoms with Crippen molar-refractivity contribution in [2.75, 3.05) is 6.73 Å². The van der Waals surface area contributed by atoms with Crippen LogP contribution < -0.4 is 14.9 Å². The number of halogens is 1. The molecule has 156 valence electrons. The summed E-state index contributed by atoms with van der Waals surface area (Å²) in [6, 6.07) is 14.9. The van der Waals surface area contributed by atoms with E-state index in [1.54, 1.807) is 25.3 Å². The van der Waals surface area contributed by atoms with Crippen LogP contribution in [0.2, 0.25) is 0 Å². The molecular weight excluding hydrogens is 460 g/mol. The van der Waals surface area contributed by atoms with Gasteiger partial charge in [-0.3, -0.25) is 14.7 Å². The molecule has 4 aromatic rings. The van der Waals surface area contributed by atoms with Crippen LogP contribution in [0.3, 0.4) is 0 Å². The van der Waals surface area contributed by atoms with Crippen LogP contribution in [0.1, 0.15) is 16.9 Å². The van der Waals surface area contributed by atoms with Crippen molar-refractivity contribution in [1.29, 1.82) is 0 Å². The van der Waals surface area contributed by atoms with Gasteiger partial charge in [0, 0.05) is 25.5 Å². The first kappa shape index (κ1) is 19.8. The summed E-state index contributed by atoms with van der Waals surface area (Å²) in [4.78, 5) is 19.6. The number of benzene rings is 2. The van der Waals surface area contributed by atoms with Gasteiger partial charge in [-0.1, -0.05) is 18.2 Å². The van der Waals surface area contributed by atoms with Gasteiger partial charge in [-0.2, -0.15) is 0 Å². The Balaban J connectivity index is 1.53. The van der Waals surface area contributed by atoms with E-state index in [9.17, 15) is 4.79 Å². The first-order valence-electron chi connectivity index (χ1n) is 9.86. The van der Waals surface area contributed by atoms with Gasteiger partial charge >= 0.3 is 0 Å². The Morgan fingerprint density at radius 1 is 1.16 bits per heavy atom. The molecule has 0 unspecified atom stereocenters. The predicted octanol–water partition coefficient (Wildman–Crippen LogP) is 5.40. The molecular formula is C24H19BrN2O4. The van der Waals surface area contributed by atoms with Crippen molar-refractivity contribution >= 4 is 26.9 Å². The fraction of sp³-hybridized carbons (Fsp3) is 0.167. The molecule has 1 aliphatic heterocycles. The summed E-state index contributed by atoms with van der Waals surface area (Å²) in [5, 5.41) is 0.471. The molecule has 2 aromatic heterocycles. The highest BCUT2D eigenvalue weighted by atomic mass is 79.9. The van der Waals surface area contributed by atoms with Gasteiger partial charge in [0.1, 0.15) is 29.6 Å². The van der Waals surface area contributed by atoms with E-state index in [1.165, 1.54) is 0 Å². The lowest BCUT2D eigenvalue weighted by atomic mass is 10.1. The fourth-order valence-electron chi connectivity index (χ4n) is 3.71. The first-order valence-corrected chi connectivity index (χ1v) is 10.6. The largest absolute Gasteiger partial charge is 0.478 e. The molecule has 2 aromatic carbocycles. The first-order chi connectivity index (χ1) is 15.1. The van der Waals surface area contributed by atoms with Crippen molar-refractivity contribution in [2.24, 2.45) is 0 Å². The van der Waals surface area contributed by atoms with Gasteiger partial charge in [0.05, 0.1) is 15.4 Å². The highest BCUT2D eigenvalue weighted by Gasteiger charge is 2.24. The molecule has 0 N–H and O–H groups in total. The maximum absolute atomic E-state index is 13.3. The highest BCUT2D eigenvalue weighted by Crippen LogP contribution is 2.35. The van der Waals surface area contributed by atoms with Gasteiger partial charge in [0.25, 0.3) is 0 Å². The molecule has 7 heteroatoms. The predicted molar refractivity (Wildman–Crippen MR) is 120 cm³/mol. The van der Waals surface area contributed by atoms with Gasteiger partial charge in [-0.05, 0) is 58.7 Å². The number of nitrogens with zero attached hydrogens (tertiary/aromatic N) is 2. The van der Waals surface area contributed by atoms with E-state index in [4.69, 9.17) is 13.9 Å². The molecule has 0 amide bonds. The summed E-state index contributed by atoms with van der Waals surface area (Å²) in [6.07, 6.45) is 3.60.